The van der Waals surface area contributed by atoms with Crippen molar-refractivity contribution in [1.29, 1.82) is 0 Å². The molecular formula is C14H20BrNO2. The van der Waals surface area contributed by atoms with Crippen LogP contribution < -0.4 is 10.1 Å². The molecule has 1 saturated heterocycles. The molecule has 1 atom stereocenters. The van der Waals surface area contributed by atoms with Crippen LogP contribution >= 0.6 is 15.9 Å². The second kappa shape index (κ2) is 5.93. The third-order valence-electron chi connectivity index (χ3n) is 3.60. The van der Waals surface area contributed by atoms with Gasteiger partial charge in [-0.15, -0.1) is 0 Å². The first-order chi connectivity index (χ1) is 8.63. The van der Waals surface area contributed by atoms with E-state index in [-0.39, 0.29) is 5.75 Å². The summed E-state index contributed by atoms with van der Waals surface area (Å²) in [6, 6.07) is 2.47. The summed E-state index contributed by atoms with van der Waals surface area (Å²) in [5.41, 5.74) is 1.89. The molecule has 1 aromatic carbocycles. The van der Waals surface area contributed by atoms with E-state index in [0.29, 0.717) is 11.8 Å². The molecule has 0 aliphatic carbocycles. The van der Waals surface area contributed by atoms with Crippen molar-refractivity contribution < 1.29 is 9.84 Å². The summed E-state index contributed by atoms with van der Waals surface area (Å²) in [5, 5.41) is 13.8. The predicted octanol–water partition coefficient (Wildman–Crippen LogP) is 3.16. The Bertz CT molecular complexity index is 428. The van der Waals surface area contributed by atoms with Crippen LogP contribution in [0.1, 0.15) is 30.4 Å². The molecule has 0 amide bonds. The summed E-state index contributed by atoms with van der Waals surface area (Å²) < 4.78 is 6.27. The van der Waals surface area contributed by atoms with Gasteiger partial charge in [-0.3, -0.25) is 0 Å². The molecule has 18 heavy (non-hydrogen) atoms. The molecule has 4 heteroatoms. The first-order valence-corrected chi connectivity index (χ1v) is 7.21. The number of hydrogen-bond donors (Lipinski definition) is 2. The summed E-state index contributed by atoms with van der Waals surface area (Å²) in [5.74, 6) is 0.862. The molecule has 0 bridgehead atoms. The van der Waals surface area contributed by atoms with E-state index in [1.165, 1.54) is 19.3 Å². The fraction of sp³-hybridized carbons (Fsp3) is 0.571. The van der Waals surface area contributed by atoms with Crippen LogP contribution in [0.3, 0.4) is 0 Å². The lowest BCUT2D eigenvalue weighted by molar-refractivity contribution is 0.360. The highest BCUT2D eigenvalue weighted by Crippen LogP contribution is 2.38. The smallest absolute Gasteiger partial charge is 0.164 e. The van der Waals surface area contributed by atoms with E-state index in [0.717, 1.165) is 28.6 Å². The quantitative estimate of drug-likeness (QED) is 0.900. The maximum absolute atomic E-state index is 10.3. The number of phenolic OH excluding ortho intramolecular Hbond substituents is 1. The molecule has 0 saturated carbocycles. The number of aromatic hydroxyl groups is 1. The van der Waals surface area contributed by atoms with Gasteiger partial charge in [-0.1, -0.05) is 22.4 Å². The third kappa shape index (κ3) is 2.81. The van der Waals surface area contributed by atoms with E-state index in [4.69, 9.17) is 4.74 Å². The van der Waals surface area contributed by atoms with Crippen molar-refractivity contribution in [2.24, 2.45) is 0 Å². The van der Waals surface area contributed by atoms with Crippen LogP contribution in [0.2, 0.25) is 0 Å². The molecular weight excluding hydrogens is 294 g/mol. The normalized spacial score (nSPS) is 19.8. The van der Waals surface area contributed by atoms with Gasteiger partial charge in [0.1, 0.15) is 0 Å². The van der Waals surface area contributed by atoms with Gasteiger partial charge in [-0.05, 0) is 38.8 Å². The fourth-order valence-corrected chi connectivity index (χ4v) is 2.99. The highest BCUT2D eigenvalue weighted by molar-refractivity contribution is 9.10. The summed E-state index contributed by atoms with van der Waals surface area (Å²) >= 11 is 3.53. The lowest BCUT2D eigenvalue weighted by atomic mass is 9.96. The first kappa shape index (κ1) is 13.7. The number of piperidine rings is 1. The van der Waals surface area contributed by atoms with E-state index < -0.39 is 0 Å². The molecule has 2 N–H and O–H groups in total. The summed E-state index contributed by atoms with van der Waals surface area (Å²) in [7, 11) is 1.59. The number of methoxy groups -OCH3 is 1. The fourth-order valence-electron chi connectivity index (χ4n) is 2.53. The lowest BCUT2D eigenvalue weighted by Gasteiger charge is -2.24. The summed E-state index contributed by atoms with van der Waals surface area (Å²) in [6.07, 6.45) is 4.54. The molecule has 1 aromatic rings. The van der Waals surface area contributed by atoms with Crippen LogP contribution in [-0.2, 0) is 6.42 Å². The Morgan fingerprint density at radius 2 is 2.28 bits per heavy atom. The van der Waals surface area contributed by atoms with Crippen molar-refractivity contribution in [3.8, 4) is 11.5 Å². The predicted molar refractivity (Wildman–Crippen MR) is 76.4 cm³/mol. The Morgan fingerprint density at radius 3 is 2.89 bits per heavy atom. The number of ether oxygens (including phenoxy) is 1. The van der Waals surface area contributed by atoms with Crippen LogP contribution in [-0.4, -0.2) is 24.8 Å². The summed E-state index contributed by atoms with van der Waals surface area (Å²) in [4.78, 5) is 0. The van der Waals surface area contributed by atoms with Crippen molar-refractivity contribution in [2.45, 2.75) is 38.6 Å². The van der Waals surface area contributed by atoms with Gasteiger partial charge >= 0.3 is 0 Å². The molecule has 1 aliphatic rings. The number of halogens is 1. The highest BCUT2D eigenvalue weighted by atomic mass is 79.9. The van der Waals surface area contributed by atoms with Gasteiger partial charge in [-0.25, -0.2) is 0 Å². The standard InChI is InChI=1S/C14H20BrNO2/c1-9-12(15)8-10(13(17)14(9)18-2)7-11-5-3-4-6-16-11/h8,11,16-17H,3-7H2,1-2H3. The van der Waals surface area contributed by atoms with Gasteiger partial charge in [-0.2, -0.15) is 0 Å². The molecule has 1 unspecified atom stereocenters. The van der Waals surface area contributed by atoms with Crippen LogP contribution in [0.5, 0.6) is 11.5 Å². The van der Waals surface area contributed by atoms with Crippen molar-refractivity contribution in [3.63, 3.8) is 0 Å². The topological polar surface area (TPSA) is 41.5 Å². The zero-order chi connectivity index (χ0) is 13.1. The van der Waals surface area contributed by atoms with Crippen LogP contribution in [0, 0.1) is 6.92 Å². The van der Waals surface area contributed by atoms with Gasteiger partial charge in [0.25, 0.3) is 0 Å². The van der Waals surface area contributed by atoms with Crippen molar-refractivity contribution in [2.75, 3.05) is 13.7 Å². The van der Waals surface area contributed by atoms with Crippen molar-refractivity contribution >= 4 is 15.9 Å². The Kier molecular flexibility index (Phi) is 4.51. The van der Waals surface area contributed by atoms with E-state index >= 15 is 0 Å². The second-order valence-electron chi connectivity index (χ2n) is 4.88. The van der Waals surface area contributed by atoms with Crippen LogP contribution in [0.25, 0.3) is 0 Å². The average molecular weight is 314 g/mol. The minimum absolute atomic E-state index is 0.283. The largest absolute Gasteiger partial charge is 0.504 e. The van der Waals surface area contributed by atoms with Crippen LogP contribution in [0.4, 0.5) is 0 Å². The Hall–Kier alpha value is -0.740. The molecule has 1 fully saturated rings. The van der Waals surface area contributed by atoms with E-state index in [1.54, 1.807) is 7.11 Å². The Morgan fingerprint density at radius 1 is 1.50 bits per heavy atom. The highest BCUT2D eigenvalue weighted by Gasteiger charge is 2.19. The maximum atomic E-state index is 10.3. The molecule has 0 aromatic heterocycles. The second-order valence-corrected chi connectivity index (χ2v) is 5.73. The number of benzene rings is 1. The molecule has 1 heterocycles. The van der Waals surface area contributed by atoms with Gasteiger partial charge in [0, 0.05) is 21.6 Å². The van der Waals surface area contributed by atoms with E-state index in [9.17, 15) is 5.11 Å². The average Bonchev–Trinajstić information content (AvgIpc) is 2.38. The maximum Gasteiger partial charge on any atom is 0.164 e. The first-order valence-electron chi connectivity index (χ1n) is 6.41. The van der Waals surface area contributed by atoms with Gasteiger partial charge in [0.2, 0.25) is 0 Å². The molecule has 0 spiro atoms. The number of nitrogens with one attached hydrogen (secondary N) is 1. The Balaban J connectivity index is 2.24. The molecule has 3 nitrogen and oxygen atoms in total. The zero-order valence-electron chi connectivity index (χ0n) is 10.9. The molecule has 2 rings (SSSR count). The lowest BCUT2D eigenvalue weighted by Crippen LogP contribution is -2.35. The number of phenols is 1. The van der Waals surface area contributed by atoms with Crippen molar-refractivity contribution in [1.82, 2.24) is 5.32 Å². The zero-order valence-corrected chi connectivity index (χ0v) is 12.5. The van der Waals surface area contributed by atoms with Crippen molar-refractivity contribution in [3.05, 3.63) is 21.7 Å². The molecule has 0 radical (unpaired) electrons. The van der Waals surface area contributed by atoms with E-state index in [2.05, 4.69) is 21.2 Å². The monoisotopic (exact) mass is 313 g/mol. The minimum atomic E-state index is 0.283. The van der Waals surface area contributed by atoms with Gasteiger partial charge < -0.3 is 15.2 Å². The SMILES string of the molecule is COc1c(C)c(Br)cc(CC2CCCCN2)c1O. The summed E-state index contributed by atoms with van der Waals surface area (Å²) in [6.45, 7) is 3.01. The van der Waals surface area contributed by atoms with E-state index in [1.807, 2.05) is 13.0 Å². The Labute approximate surface area is 117 Å². The molecule has 1 aliphatic heterocycles. The van der Waals surface area contributed by atoms with Gasteiger partial charge in [0.15, 0.2) is 11.5 Å². The minimum Gasteiger partial charge on any atom is -0.504 e. The number of rotatable bonds is 3. The van der Waals surface area contributed by atoms with Gasteiger partial charge in [0.05, 0.1) is 7.11 Å². The van der Waals surface area contributed by atoms with Crippen LogP contribution in [0.15, 0.2) is 10.5 Å². The third-order valence-corrected chi connectivity index (χ3v) is 4.43. The molecule has 100 valence electrons. The number of hydrogen-bond acceptors (Lipinski definition) is 3.